The summed E-state index contributed by atoms with van der Waals surface area (Å²) in [5, 5.41) is 0. The molecule has 1 aromatic rings. The average Bonchev–Trinajstić information content (AvgIpc) is 2.04. The van der Waals surface area contributed by atoms with Crippen molar-refractivity contribution in [1.29, 1.82) is 0 Å². The summed E-state index contributed by atoms with van der Waals surface area (Å²) >= 11 is 0. The van der Waals surface area contributed by atoms with E-state index in [1.807, 2.05) is 0 Å². The van der Waals surface area contributed by atoms with Gasteiger partial charge in [-0.1, -0.05) is 29.2 Å². The van der Waals surface area contributed by atoms with Gasteiger partial charge in [0.05, 0.1) is 0 Å². The molecule has 5 heteroatoms. The van der Waals surface area contributed by atoms with E-state index in [-0.39, 0.29) is 40.0 Å². The van der Waals surface area contributed by atoms with E-state index >= 15 is 0 Å². The van der Waals surface area contributed by atoms with Gasteiger partial charge in [0.15, 0.2) is 0 Å². The minimum Gasteiger partial charge on any atom is -0.420 e. The number of rotatable bonds is 2. The van der Waals surface area contributed by atoms with Crippen LogP contribution in [0.15, 0.2) is 29.2 Å². The topological polar surface area (TPSA) is 51.2 Å². The van der Waals surface area contributed by atoms with Crippen molar-refractivity contribution in [2.75, 3.05) is 0 Å². The van der Waals surface area contributed by atoms with Crippen LogP contribution in [0.5, 0.6) is 0 Å². The first kappa shape index (κ1) is 11.8. The van der Waals surface area contributed by atoms with Crippen molar-refractivity contribution in [3.63, 3.8) is 0 Å². The normalized spacial score (nSPS) is 9.08. The van der Waals surface area contributed by atoms with E-state index in [0.29, 0.717) is 6.29 Å². The molecule has 58 valence electrons. The summed E-state index contributed by atoms with van der Waals surface area (Å²) in [4.78, 5) is 10.3. The number of carbonyl (C=O) groups is 1. The van der Waals surface area contributed by atoms with E-state index in [1.54, 1.807) is 12.1 Å². The number of hydrogen-bond acceptors (Lipinski definition) is 4. The molecule has 0 saturated carbocycles. The molecule has 0 radical (unpaired) electrons. The fraction of sp³-hybridized carbons (Fsp3) is 0. The zero-order valence-electron chi connectivity index (χ0n) is 6.52. The molecule has 1 aromatic carbocycles. The molecule has 0 unspecified atom stereocenters. The molecule has 12 heavy (non-hydrogen) atoms. The van der Waals surface area contributed by atoms with Crippen LogP contribution < -0.4 is 29.6 Å². The molecule has 0 aliphatic heterocycles. The molecule has 0 aliphatic carbocycles. The van der Waals surface area contributed by atoms with Gasteiger partial charge >= 0.3 is 29.6 Å². The zero-order chi connectivity index (χ0) is 8.27. The summed E-state index contributed by atoms with van der Waals surface area (Å²) in [6.45, 7) is 0. The van der Waals surface area contributed by atoms with Crippen LogP contribution in [0.4, 0.5) is 0 Å². The fourth-order valence-electron chi connectivity index (χ4n) is 0.730. The van der Waals surface area contributed by atoms with E-state index in [0.717, 1.165) is 0 Å². The third-order valence-electron chi connectivity index (χ3n) is 1.23. The molecular weight excluding hydrogens is 187 g/mol. The first-order valence-corrected chi connectivity index (χ1v) is 3.96. The number of carbonyl (C=O) groups excluding carboxylic acids is 1. The van der Waals surface area contributed by atoms with Crippen molar-refractivity contribution in [2.45, 2.75) is 4.90 Å². The predicted molar refractivity (Wildman–Crippen MR) is 38.8 cm³/mol. The van der Waals surface area contributed by atoms with Crippen LogP contribution in [-0.4, -0.2) is 6.29 Å². The minimum atomic E-state index is -2.32. The van der Waals surface area contributed by atoms with Gasteiger partial charge in [-0.2, -0.15) is 0 Å². The molecule has 0 N–H and O–H groups in total. The van der Waals surface area contributed by atoms with Gasteiger partial charge < -0.3 is 8.42 Å². The maximum Gasteiger partial charge on any atom is 1.00 e. The second-order valence-electron chi connectivity index (χ2n) is 1.89. The molecule has 0 amide bonds. The van der Waals surface area contributed by atoms with Gasteiger partial charge in [-0.15, -0.1) is 0 Å². The molecule has 0 spiro atoms. The van der Waals surface area contributed by atoms with E-state index in [9.17, 15) is 13.2 Å². The summed E-state index contributed by atoms with van der Waals surface area (Å²) in [7, 11) is -2.32. The molecule has 0 heterocycles. The van der Waals surface area contributed by atoms with E-state index in [1.165, 1.54) is 12.1 Å². The quantitative estimate of drug-likeness (QED) is 0.315. The Morgan fingerprint density at radius 2 is 1.75 bits per heavy atom. The van der Waals surface area contributed by atoms with Crippen molar-refractivity contribution in [2.24, 2.45) is 0 Å². The first-order chi connectivity index (χ1) is 5.25. The molecule has 3 nitrogen and oxygen atoms in total. The molecular formula is C7H5NaO3S. The van der Waals surface area contributed by atoms with Gasteiger partial charge in [-0.25, -0.2) is 0 Å². The second-order valence-corrected chi connectivity index (χ2v) is 2.80. The Labute approximate surface area is 94.0 Å². The second kappa shape index (κ2) is 5.48. The molecule has 0 fully saturated rings. The van der Waals surface area contributed by atoms with Crippen molar-refractivity contribution >= 4 is 17.0 Å². The van der Waals surface area contributed by atoms with Crippen LogP contribution in [-0.2, 0) is 19.1 Å². The van der Waals surface area contributed by atoms with Gasteiger partial charge in [0.25, 0.3) is 0 Å². The molecule has 0 aromatic heterocycles. The van der Waals surface area contributed by atoms with Crippen LogP contribution in [0, 0.1) is 0 Å². The van der Waals surface area contributed by atoms with Crippen LogP contribution >= 0.6 is 0 Å². The Balaban J connectivity index is 0.00000121. The maximum atomic E-state index is 10.4. The summed E-state index contributed by atoms with van der Waals surface area (Å²) in [5.41, 5.74) is 0.195. The van der Waals surface area contributed by atoms with Gasteiger partial charge in [0, 0.05) is 5.56 Å². The summed E-state index contributed by atoms with van der Waals surface area (Å²) in [6.07, 6.45) is 0.519. The largest absolute Gasteiger partial charge is 1.00 e. The van der Waals surface area contributed by atoms with Crippen LogP contribution in [0.1, 0.15) is 10.4 Å². The van der Waals surface area contributed by atoms with Gasteiger partial charge in [-0.3, -0.25) is 4.79 Å². The van der Waals surface area contributed by atoms with Crippen molar-refractivity contribution < 1.29 is 42.8 Å². The minimum absolute atomic E-state index is 0. The Hall–Kier alpha value is -0.160. The Kier molecular flexibility index (Phi) is 5.41. The van der Waals surface area contributed by atoms with E-state index in [4.69, 9.17) is 0 Å². The summed E-state index contributed by atoms with van der Waals surface area (Å²) in [5.74, 6) is 0. The van der Waals surface area contributed by atoms with Crippen LogP contribution in [0.25, 0.3) is 0 Å². The molecule has 0 bridgehead atoms. The smallest absolute Gasteiger partial charge is 0.420 e. The van der Waals surface area contributed by atoms with E-state index < -0.39 is 10.7 Å². The fourth-order valence-corrected chi connectivity index (χ4v) is 1.23. The number of hydrogen-bond donors (Lipinski definition) is 0. The molecule has 0 aliphatic rings. The van der Waals surface area contributed by atoms with Crippen molar-refractivity contribution in [1.82, 2.24) is 0 Å². The van der Waals surface area contributed by atoms with E-state index in [2.05, 4.69) is 0 Å². The average molecular weight is 192 g/mol. The monoisotopic (exact) mass is 192 g/mol. The summed E-state index contributed by atoms with van der Waals surface area (Å²) < 4.78 is 20.8. The van der Waals surface area contributed by atoms with Crippen LogP contribution in [0.2, 0.25) is 0 Å². The van der Waals surface area contributed by atoms with Gasteiger partial charge in [-0.05, 0) is 10.7 Å². The molecule has 0 atom stereocenters. The summed E-state index contributed by atoms with van der Waals surface area (Å²) in [6, 6.07) is 6.02. The SMILES string of the molecule is O=Cc1ccccc1[S-](=O)=O.[Na+]. The Bertz CT molecular complexity index is 338. The third kappa shape index (κ3) is 2.71. The standard InChI is InChI=1S/C7H5O3S.Na/c8-5-6-3-1-2-4-7(6)11(9)10;/h1-5H;/q-1;+1. The van der Waals surface area contributed by atoms with Gasteiger partial charge in [0.2, 0.25) is 0 Å². The number of benzene rings is 1. The first-order valence-electron chi connectivity index (χ1n) is 2.89. The Morgan fingerprint density at radius 3 is 2.17 bits per heavy atom. The predicted octanol–water partition coefficient (Wildman–Crippen LogP) is -1.83. The zero-order valence-corrected chi connectivity index (χ0v) is 9.34. The van der Waals surface area contributed by atoms with Crippen molar-refractivity contribution in [3.8, 4) is 0 Å². The van der Waals surface area contributed by atoms with Crippen LogP contribution in [0.3, 0.4) is 0 Å². The van der Waals surface area contributed by atoms with Gasteiger partial charge in [0.1, 0.15) is 6.29 Å². The number of aldehydes is 1. The van der Waals surface area contributed by atoms with Crippen molar-refractivity contribution in [3.05, 3.63) is 29.8 Å². The third-order valence-corrected chi connectivity index (χ3v) is 1.96. The maximum absolute atomic E-state index is 10.4. The Morgan fingerprint density at radius 1 is 1.17 bits per heavy atom. The molecule has 1 rings (SSSR count). The molecule has 0 saturated heterocycles.